The van der Waals surface area contributed by atoms with Gasteiger partial charge in [0.05, 0.1) is 35.7 Å². The van der Waals surface area contributed by atoms with E-state index >= 15 is 0 Å². The van der Waals surface area contributed by atoms with E-state index in [1.807, 2.05) is 12.1 Å². The third-order valence-electron chi connectivity index (χ3n) is 5.80. The molecule has 0 heterocycles. The summed E-state index contributed by atoms with van der Waals surface area (Å²) in [4.78, 5) is 48.0. The number of carbonyl (C=O) groups is 4. The third-order valence-corrected chi connectivity index (χ3v) is 6.49. The topological polar surface area (TPSA) is 158 Å². The van der Waals surface area contributed by atoms with Gasteiger partial charge in [-0.2, -0.15) is 0 Å². The molecule has 0 bridgehead atoms. The zero-order valence-corrected chi connectivity index (χ0v) is 23.7. The zero-order chi connectivity index (χ0) is 29.2. The summed E-state index contributed by atoms with van der Waals surface area (Å²) in [7, 11) is 1.48. The summed E-state index contributed by atoms with van der Waals surface area (Å²) < 4.78 is 6.18. The summed E-state index contributed by atoms with van der Waals surface area (Å²) in [5, 5.41) is 23.3. The molecule has 3 rings (SSSR count). The fourth-order valence-corrected chi connectivity index (χ4v) is 4.13. The maximum absolute atomic E-state index is 12.8. The van der Waals surface area contributed by atoms with Crippen molar-refractivity contribution in [3.05, 3.63) is 76.3 Å². The van der Waals surface area contributed by atoms with Crippen LogP contribution in [0.25, 0.3) is 0 Å². The van der Waals surface area contributed by atoms with Gasteiger partial charge in [-0.05, 0) is 70.9 Å². The molecule has 0 saturated heterocycles. The monoisotopic (exact) mass is 611 g/mol. The highest BCUT2D eigenvalue weighted by molar-refractivity contribution is 9.10. The Balaban J connectivity index is 1.55. The second-order valence-corrected chi connectivity index (χ2v) is 9.56. The van der Waals surface area contributed by atoms with Crippen LogP contribution in [0.3, 0.4) is 0 Å². The number of benzene rings is 3. The first-order valence-electron chi connectivity index (χ1n) is 12.3. The molecule has 0 aliphatic rings. The predicted octanol–water partition coefficient (Wildman–Crippen LogP) is 5.09. The number of amides is 4. The second kappa shape index (κ2) is 14.0. The number of aromatic carboxylic acids is 1. The number of methoxy groups -OCH3 is 1. The van der Waals surface area contributed by atoms with Gasteiger partial charge in [0.15, 0.2) is 0 Å². The highest BCUT2D eigenvalue weighted by Gasteiger charge is 2.18. The molecule has 0 radical (unpaired) electrons. The van der Waals surface area contributed by atoms with Gasteiger partial charge in [-0.25, -0.2) is 9.59 Å². The Labute approximate surface area is 239 Å². The molecule has 1 atom stereocenters. The van der Waals surface area contributed by atoms with Crippen LogP contribution in [0.1, 0.15) is 35.7 Å². The summed E-state index contributed by atoms with van der Waals surface area (Å²) in [5.74, 6) is -1.85. The van der Waals surface area contributed by atoms with Crippen LogP contribution in [-0.4, -0.2) is 49.1 Å². The summed E-state index contributed by atoms with van der Waals surface area (Å²) in [6.07, 6.45) is 0. The van der Waals surface area contributed by atoms with Crippen molar-refractivity contribution in [2.45, 2.75) is 19.8 Å². The maximum atomic E-state index is 12.8. The molecule has 40 heavy (non-hydrogen) atoms. The Kier molecular flexibility index (Phi) is 10.5. The summed E-state index contributed by atoms with van der Waals surface area (Å²) in [5.41, 5.74) is 2.50. The van der Waals surface area contributed by atoms with Gasteiger partial charge in [-0.15, -0.1) is 0 Å². The number of para-hydroxylation sites is 1. The molecule has 210 valence electrons. The van der Waals surface area contributed by atoms with Crippen molar-refractivity contribution < 1.29 is 29.0 Å². The van der Waals surface area contributed by atoms with Crippen LogP contribution < -0.4 is 31.3 Å². The molecule has 3 aromatic rings. The number of urea groups is 1. The van der Waals surface area contributed by atoms with Crippen LogP contribution in [0.2, 0.25) is 0 Å². The van der Waals surface area contributed by atoms with Gasteiger partial charge in [-0.3, -0.25) is 9.59 Å². The number of rotatable bonds is 11. The van der Waals surface area contributed by atoms with E-state index in [0.717, 1.165) is 4.47 Å². The summed E-state index contributed by atoms with van der Waals surface area (Å²) in [6.45, 7) is 3.72. The molecule has 12 heteroatoms. The van der Waals surface area contributed by atoms with Gasteiger partial charge in [0, 0.05) is 30.2 Å². The number of halogens is 1. The van der Waals surface area contributed by atoms with Crippen LogP contribution in [0, 0.1) is 0 Å². The molecule has 0 aliphatic heterocycles. The van der Waals surface area contributed by atoms with Gasteiger partial charge in [0.2, 0.25) is 11.8 Å². The minimum atomic E-state index is -1.15. The number of anilines is 4. The summed E-state index contributed by atoms with van der Waals surface area (Å²) >= 11 is 3.39. The van der Waals surface area contributed by atoms with Gasteiger partial charge >= 0.3 is 12.0 Å². The number of hydrogen-bond donors (Lipinski definition) is 6. The molecular formula is C28H30BrN5O6. The Bertz CT molecular complexity index is 1410. The van der Waals surface area contributed by atoms with E-state index in [2.05, 4.69) is 42.5 Å². The number of carboxylic acid groups (broad SMARTS) is 1. The average molecular weight is 612 g/mol. The minimum absolute atomic E-state index is 0.0237. The molecule has 0 aromatic heterocycles. The first kappa shape index (κ1) is 30.0. The standard InChI is InChI=1S/C28H30BrN5O6/c1-16(26(36)31-13-12-30-19-9-10-20(27(37)38)24(15-19)32-17(2)35)18-8-11-23(25(14-18)40-3)34-28(39)33-22-7-5-4-6-21(22)29/h4-11,14-16,30H,12-13H2,1-3H3,(H,31,36)(H,32,35)(H,37,38)(H2,33,34,39). The van der Waals surface area contributed by atoms with Crippen LogP contribution in [-0.2, 0) is 9.59 Å². The van der Waals surface area contributed by atoms with E-state index < -0.39 is 17.9 Å². The number of carbonyl (C=O) groups excluding carboxylic acids is 3. The predicted molar refractivity (Wildman–Crippen MR) is 157 cm³/mol. The Morgan fingerprint density at radius 1 is 0.900 bits per heavy atom. The largest absolute Gasteiger partial charge is 0.495 e. The molecule has 0 spiro atoms. The lowest BCUT2D eigenvalue weighted by atomic mass is 9.99. The van der Waals surface area contributed by atoms with E-state index in [1.54, 1.807) is 43.3 Å². The van der Waals surface area contributed by atoms with Crippen LogP contribution in [0.5, 0.6) is 5.75 Å². The highest BCUT2D eigenvalue weighted by Crippen LogP contribution is 2.30. The first-order valence-corrected chi connectivity index (χ1v) is 13.0. The van der Waals surface area contributed by atoms with Crippen molar-refractivity contribution in [1.29, 1.82) is 0 Å². The first-order chi connectivity index (χ1) is 19.1. The maximum Gasteiger partial charge on any atom is 0.337 e. The van der Waals surface area contributed by atoms with Crippen LogP contribution in [0.4, 0.5) is 27.5 Å². The fraction of sp³-hybridized carbons (Fsp3) is 0.214. The van der Waals surface area contributed by atoms with Gasteiger partial charge in [0.1, 0.15) is 5.75 Å². The van der Waals surface area contributed by atoms with Gasteiger partial charge in [0.25, 0.3) is 0 Å². The normalized spacial score (nSPS) is 11.1. The van der Waals surface area contributed by atoms with Crippen molar-refractivity contribution in [3.63, 3.8) is 0 Å². The molecule has 0 aliphatic carbocycles. The van der Waals surface area contributed by atoms with E-state index in [0.29, 0.717) is 41.5 Å². The number of hydrogen-bond acceptors (Lipinski definition) is 6. The molecule has 4 amide bonds. The van der Waals surface area contributed by atoms with E-state index in [-0.39, 0.29) is 23.1 Å². The van der Waals surface area contributed by atoms with Crippen LogP contribution in [0.15, 0.2) is 65.1 Å². The average Bonchev–Trinajstić information content (AvgIpc) is 2.91. The van der Waals surface area contributed by atoms with Crippen molar-refractivity contribution >= 4 is 62.5 Å². The lowest BCUT2D eigenvalue weighted by molar-refractivity contribution is -0.122. The SMILES string of the molecule is COc1cc(C(C)C(=O)NCCNc2ccc(C(=O)O)c(NC(C)=O)c2)ccc1NC(=O)Nc1ccccc1Br. The van der Waals surface area contributed by atoms with Crippen molar-refractivity contribution in [2.75, 3.05) is 41.5 Å². The smallest absolute Gasteiger partial charge is 0.337 e. The van der Waals surface area contributed by atoms with E-state index in [9.17, 15) is 24.3 Å². The number of carboxylic acids is 1. The third kappa shape index (κ3) is 8.21. The fourth-order valence-electron chi connectivity index (χ4n) is 3.75. The minimum Gasteiger partial charge on any atom is -0.495 e. The van der Waals surface area contributed by atoms with Crippen molar-refractivity contribution in [3.8, 4) is 5.75 Å². The molecular weight excluding hydrogens is 582 g/mol. The second-order valence-electron chi connectivity index (χ2n) is 8.70. The molecule has 11 nitrogen and oxygen atoms in total. The zero-order valence-electron chi connectivity index (χ0n) is 22.1. The lowest BCUT2D eigenvalue weighted by Gasteiger charge is -2.17. The van der Waals surface area contributed by atoms with Gasteiger partial charge < -0.3 is 36.4 Å². The summed E-state index contributed by atoms with van der Waals surface area (Å²) in [6, 6.07) is 16.4. The van der Waals surface area contributed by atoms with Crippen LogP contribution >= 0.6 is 15.9 Å². The molecule has 1 unspecified atom stereocenters. The lowest BCUT2D eigenvalue weighted by Crippen LogP contribution is -2.32. The van der Waals surface area contributed by atoms with Crippen molar-refractivity contribution in [1.82, 2.24) is 5.32 Å². The Hall–Kier alpha value is -4.58. The molecule has 6 N–H and O–H groups in total. The van der Waals surface area contributed by atoms with Crippen molar-refractivity contribution in [2.24, 2.45) is 0 Å². The van der Waals surface area contributed by atoms with E-state index in [4.69, 9.17) is 4.74 Å². The highest BCUT2D eigenvalue weighted by atomic mass is 79.9. The van der Waals surface area contributed by atoms with Gasteiger partial charge in [-0.1, -0.05) is 18.2 Å². The molecule has 0 saturated carbocycles. The Morgan fingerprint density at radius 2 is 1.62 bits per heavy atom. The quantitative estimate of drug-likeness (QED) is 0.165. The Morgan fingerprint density at radius 3 is 2.30 bits per heavy atom. The number of nitrogens with one attached hydrogen (secondary N) is 5. The van der Waals surface area contributed by atoms with E-state index in [1.165, 1.54) is 26.2 Å². The number of ether oxygens (including phenoxy) is 1. The molecule has 0 fully saturated rings. The molecule has 3 aromatic carbocycles.